The van der Waals surface area contributed by atoms with Crippen LogP contribution < -0.4 is 15.0 Å². The number of halogens is 2. The number of carbonyl (C=O) groups excluding carboxylic acids is 2. The summed E-state index contributed by atoms with van der Waals surface area (Å²) in [5.41, 5.74) is 2.21. The number of ether oxygens (including phenoxy) is 1. The maximum atomic E-state index is 13.1. The zero-order chi connectivity index (χ0) is 22.7. The van der Waals surface area contributed by atoms with Crippen LogP contribution >= 0.6 is 46.4 Å². The van der Waals surface area contributed by atoms with Crippen molar-refractivity contribution in [1.82, 2.24) is 5.32 Å². The van der Waals surface area contributed by atoms with Crippen molar-refractivity contribution in [3.05, 3.63) is 98.1 Å². The third-order valence-corrected chi connectivity index (χ3v) is 5.92. The van der Waals surface area contributed by atoms with Crippen molar-refractivity contribution < 1.29 is 14.3 Å². The van der Waals surface area contributed by atoms with Gasteiger partial charge in [-0.1, -0.05) is 41.9 Å². The SMILES string of the molecule is O=C1NC(=S)N(c2cccc(Cl)c2)C(=O)/C1=C/c1ccc(OCc2ccc(I)cc2)cc1. The number of nitrogens with one attached hydrogen (secondary N) is 1. The molecule has 5 nitrogen and oxygen atoms in total. The second kappa shape index (κ2) is 9.81. The molecule has 0 aromatic heterocycles. The molecule has 0 aliphatic carbocycles. The molecule has 1 saturated heterocycles. The number of nitrogens with zero attached hydrogens (tertiary/aromatic N) is 1. The highest BCUT2D eigenvalue weighted by Gasteiger charge is 2.34. The lowest BCUT2D eigenvalue weighted by Gasteiger charge is -2.29. The quantitative estimate of drug-likeness (QED) is 0.193. The van der Waals surface area contributed by atoms with Gasteiger partial charge in [0.25, 0.3) is 11.8 Å². The summed E-state index contributed by atoms with van der Waals surface area (Å²) in [6.45, 7) is 0.449. The Morgan fingerprint density at radius 1 is 1.03 bits per heavy atom. The minimum absolute atomic E-state index is 0.0127. The predicted octanol–water partition coefficient (Wildman–Crippen LogP) is 5.35. The van der Waals surface area contributed by atoms with E-state index in [0.717, 1.165) is 5.56 Å². The summed E-state index contributed by atoms with van der Waals surface area (Å²) < 4.78 is 6.98. The number of amides is 2. The van der Waals surface area contributed by atoms with Gasteiger partial charge in [0.2, 0.25) is 0 Å². The molecule has 1 aliphatic rings. The minimum Gasteiger partial charge on any atom is -0.489 e. The molecule has 3 aromatic rings. The minimum atomic E-state index is -0.544. The second-order valence-corrected chi connectivity index (χ2v) is 8.99. The fourth-order valence-electron chi connectivity index (χ4n) is 3.08. The molecule has 0 bridgehead atoms. The van der Waals surface area contributed by atoms with Crippen molar-refractivity contribution in [2.45, 2.75) is 6.61 Å². The maximum Gasteiger partial charge on any atom is 0.270 e. The predicted molar refractivity (Wildman–Crippen MR) is 138 cm³/mol. The molecule has 2 amide bonds. The van der Waals surface area contributed by atoms with E-state index < -0.39 is 11.8 Å². The molecule has 0 atom stereocenters. The van der Waals surface area contributed by atoms with Crippen LogP contribution in [0, 0.1) is 3.57 Å². The van der Waals surface area contributed by atoms with Crippen LogP contribution in [0.1, 0.15) is 11.1 Å². The Kier molecular flexibility index (Phi) is 6.88. The number of thiocarbonyl (C=S) groups is 1. The number of hydrogen-bond donors (Lipinski definition) is 1. The summed E-state index contributed by atoms with van der Waals surface area (Å²) in [4.78, 5) is 26.8. The highest BCUT2D eigenvalue weighted by atomic mass is 127. The topological polar surface area (TPSA) is 58.6 Å². The molecule has 0 saturated carbocycles. The lowest BCUT2D eigenvalue weighted by atomic mass is 10.1. The highest BCUT2D eigenvalue weighted by molar-refractivity contribution is 14.1. The zero-order valence-corrected chi connectivity index (χ0v) is 20.3. The van der Waals surface area contributed by atoms with Gasteiger partial charge in [-0.25, -0.2) is 0 Å². The Bertz CT molecular complexity index is 1230. The van der Waals surface area contributed by atoms with Crippen LogP contribution in [-0.4, -0.2) is 16.9 Å². The Labute approximate surface area is 209 Å². The Morgan fingerprint density at radius 3 is 2.44 bits per heavy atom. The Morgan fingerprint density at radius 2 is 1.75 bits per heavy atom. The van der Waals surface area contributed by atoms with Crippen LogP contribution in [0.4, 0.5) is 5.69 Å². The first kappa shape index (κ1) is 22.4. The van der Waals surface area contributed by atoms with E-state index >= 15 is 0 Å². The maximum absolute atomic E-state index is 13.1. The van der Waals surface area contributed by atoms with Gasteiger partial charge in [0.1, 0.15) is 17.9 Å². The number of benzene rings is 3. The van der Waals surface area contributed by atoms with Crippen LogP contribution in [0.25, 0.3) is 6.08 Å². The molecule has 32 heavy (non-hydrogen) atoms. The van der Waals surface area contributed by atoms with E-state index in [0.29, 0.717) is 28.6 Å². The van der Waals surface area contributed by atoms with Crippen LogP contribution in [0.3, 0.4) is 0 Å². The Balaban J connectivity index is 1.51. The summed E-state index contributed by atoms with van der Waals surface area (Å²) >= 11 is 13.5. The summed E-state index contributed by atoms with van der Waals surface area (Å²) in [5.74, 6) is -0.371. The zero-order valence-electron chi connectivity index (χ0n) is 16.5. The molecule has 1 fully saturated rings. The Hall–Kier alpha value is -2.75. The van der Waals surface area contributed by atoms with Crippen molar-refractivity contribution >= 4 is 75.1 Å². The molecule has 3 aromatic carbocycles. The van der Waals surface area contributed by atoms with Crippen molar-refractivity contribution in [3.8, 4) is 5.75 Å². The molecule has 8 heteroatoms. The van der Waals surface area contributed by atoms with E-state index in [1.165, 1.54) is 14.5 Å². The molecular formula is C24H16ClIN2O3S. The first-order valence-corrected chi connectivity index (χ1v) is 11.4. The van der Waals surface area contributed by atoms with E-state index in [4.69, 9.17) is 28.6 Å². The van der Waals surface area contributed by atoms with Crippen molar-refractivity contribution in [2.24, 2.45) is 0 Å². The van der Waals surface area contributed by atoms with E-state index in [-0.39, 0.29) is 10.7 Å². The normalized spacial score (nSPS) is 15.1. The van der Waals surface area contributed by atoms with Gasteiger partial charge in [0, 0.05) is 8.59 Å². The van der Waals surface area contributed by atoms with E-state index in [1.54, 1.807) is 48.5 Å². The average molecular weight is 575 g/mol. The van der Waals surface area contributed by atoms with Gasteiger partial charge in [-0.15, -0.1) is 0 Å². The third kappa shape index (κ3) is 5.17. The number of rotatable bonds is 5. The van der Waals surface area contributed by atoms with Gasteiger partial charge < -0.3 is 4.74 Å². The standard InChI is InChI=1S/C24H16ClIN2O3S/c25-17-2-1-3-19(13-17)28-23(30)21(22(29)27-24(28)32)12-15-6-10-20(11-7-15)31-14-16-4-8-18(26)9-5-16/h1-13H,14H2,(H,27,29,32)/b21-12+. The number of carbonyl (C=O) groups is 2. The first-order valence-electron chi connectivity index (χ1n) is 9.55. The average Bonchev–Trinajstić information content (AvgIpc) is 2.77. The summed E-state index contributed by atoms with van der Waals surface area (Å²) in [6.07, 6.45) is 1.53. The van der Waals surface area contributed by atoms with Gasteiger partial charge in [-0.3, -0.25) is 19.8 Å². The lowest BCUT2D eigenvalue weighted by Crippen LogP contribution is -2.54. The van der Waals surface area contributed by atoms with Crippen molar-refractivity contribution in [3.63, 3.8) is 0 Å². The van der Waals surface area contributed by atoms with E-state index in [2.05, 4.69) is 27.9 Å². The highest BCUT2D eigenvalue weighted by Crippen LogP contribution is 2.25. The van der Waals surface area contributed by atoms with E-state index in [1.807, 2.05) is 24.3 Å². The summed E-state index contributed by atoms with van der Waals surface area (Å²) in [7, 11) is 0. The van der Waals surface area contributed by atoms with Gasteiger partial charge >= 0.3 is 0 Å². The van der Waals surface area contributed by atoms with Crippen LogP contribution in [0.15, 0.2) is 78.4 Å². The lowest BCUT2D eigenvalue weighted by molar-refractivity contribution is -0.122. The molecule has 0 unspecified atom stereocenters. The number of hydrogen-bond acceptors (Lipinski definition) is 4. The molecule has 1 N–H and O–H groups in total. The van der Waals surface area contributed by atoms with E-state index in [9.17, 15) is 9.59 Å². The smallest absolute Gasteiger partial charge is 0.270 e. The largest absolute Gasteiger partial charge is 0.489 e. The van der Waals surface area contributed by atoms with Crippen molar-refractivity contribution in [2.75, 3.05) is 4.90 Å². The van der Waals surface area contributed by atoms with Crippen molar-refractivity contribution in [1.29, 1.82) is 0 Å². The van der Waals surface area contributed by atoms with Gasteiger partial charge in [0.15, 0.2) is 5.11 Å². The van der Waals surface area contributed by atoms with Crippen LogP contribution in [0.2, 0.25) is 5.02 Å². The molecule has 0 spiro atoms. The first-order chi connectivity index (χ1) is 15.4. The molecule has 4 rings (SSSR count). The summed E-state index contributed by atoms with van der Waals surface area (Å²) in [5, 5.41) is 3.04. The fraction of sp³-hybridized carbons (Fsp3) is 0.0417. The van der Waals surface area contributed by atoms with Gasteiger partial charge in [-0.05, 0) is 94.5 Å². The van der Waals surface area contributed by atoms with Gasteiger partial charge in [-0.2, -0.15) is 0 Å². The number of anilines is 1. The third-order valence-electron chi connectivity index (χ3n) is 4.68. The fourth-order valence-corrected chi connectivity index (χ4v) is 3.91. The van der Waals surface area contributed by atoms with Crippen LogP contribution in [0.5, 0.6) is 5.75 Å². The molecule has 1 heterocycles. The molecule has 1 aliphatic heterocycles. The molecule has 160 valence electrons. The summed E-state index contributed by atoms with van der Waals surface area (Å²) in [6, 6.07) is 22.0. The monoisotopic (exact) mass is 574 g/mol. The molecular weight excluding hydrogens is 559 g/mol. The van der Waals surface area contributed by atoms with Crippen LogP contribution in [-0.2, 0) is 16.2 Å². The molecule has 0 radical (unpaired) electrons. The van der Waals surface area contributed by atoms with Gasteiger partial charge in [0.05, 0.1) is 5.69 Å². The second-order valence-electron chi connectivity index (χ2n) is 6.92.